The summed E-state index contributed by atoms with van der Waals surface area (Å²) >= 11 is 1.12. The number of carbonyl (C=O) groups excluding carboxylic acids is 1. The van der Waals surface area contributed by atoms with Gasteiger partial charge in [0.05, 0.1) is 7.11 Å². The molecule has 1 heterocycles. The number of esters is 1. The number of rotatable bonds is 3. The van der Waals surface area contributed by atoms with Crippen LogP contribution < -0.4 is 5.56 Å². The van der Waals surface area contributed by atoms with E-state index in [9.17, 15) is 9.59 Å². The van der Waals surface area contributed by atoms with Crippen LogP contribution in [0.1, 0.15) is 0 Å². The quantitative estimate of drug-likeness (QED) is 0.776. The van der Waals surface area contributed by atoms with Crippen LogP contribution in [0.25, 0.3) is 10.8 Å². The Balaban J connectivity index is 2.33. The number of aromatic nitrogens is 1. The van der Waals surface area contributed by atoms with Gasteiger partial charge in [-0.15, -0.1) is 0 Å². The molecule has 0 saturated heterocycles. The summed E-state index contributed by atoms with van der Waals surface area (Å²) in [4.78, 5) is 23.0. The Bertz CT molecular complexity index is 606. The molecule has 2 aromatic rings. The number of carbonyl (C=O) groups is 1. The largest absolute Gasteiger partial charge is 0.468 e. The van der Waals surface area contributed by atoms with Crippen LogP contribution in [0, 0.1) is 0 Å². The molecule has 0 unspecified atom stereocenters. The molecule has 0 amide bonds. The van der Waals surface area contributed by atoms with Gasteiger partial charge < -0.3 is 4.74 Å². The maximum atomic E-state index is 12.0. The van der Waals surface area contributed by atoms with Gasteiger partial charge in [-0.25, -0.2) is 0 Å². The Hall–Kier alpha value is -1.75. The smallest absolute Gasteiger partial charge is 0.317 e. The first kappa shape index (κ1) is 11.7. The van der Waals surface area contributed by atoms with Gasteiger partial charge in [0, 0.05) is 11.6 Å². The minimum Gasteiger partial charge on any atom is -0.468 e. The molecular weight excluding hydrogens is 238 g/mol. The molecule has 0 aliphatic carbocycles. The number of hydrogen-bond donors (Lipinski definition) is 0. The number of nitrogens with zero attached hydrogens (tertiary/aromatic N) is 1. The second kappa shape index (κ2) is 5.05. The van der Waals surface area contributed by atoms with E-state index in [1.165, 1.54) is 11.1 Å². The highest BCUT2D eigenvalue weighted by Crippen LogP contribution is 2.11. The van der Waals surface area contributed by atoms with Crippen molar-refractivity contribution >= 4 is 28.7 Å². The molecule has 0 atom stereocenters. The van der Waals surface area contributed by atoms with Crippen LogP contribution in [0.5, 0.6) is 0 Å². The zero-order chi connectivity index (χ0) is 12.3. The van der Waals surface area contributed by atoms with E-state index >= 15 is 0 Å². The molecule has 0 radical (unpaired) electrons. The van der Waals surface area contributed by atoms with Gasteiger partial charge in [0.1, 0.15) is 5.75 Å². The monoisotopic (exact) mass is 249 g/mol. The maximum absolute atomic E-state index is 12.0. The van der Waals surface area contributed by atoms with Gasteiger partial charge >= 0.3 is 5.97 Å². The minimum atomic E-state index is -0.352. The number of fused-ring (bicyclic) bond motifs is 1. The van der Waals surface area contributed by atoms with E-state index < -0.39 is 0 Å². The summed E-state index contributed by atoms with van der Waals surface area (Å²) in [7, 11) is 1.33. The van der Waals surface area contributed by atoms with Crippen LogP contribution in [-0.2, 0) is 9.53 Å². The third-order valence-electron chi connectivity index (χ3n) is 2.33. The predicted molar refractivity (Wildman–Crippen MR) is 68.1 cm³/mol. The molecule has 4 nitrogen and oxygen atoms in total. The van der Waals surface area contributed by atoms with E-state index in [0.717, 1.165) is 17.3 Å². The summed E-state index contributed by atoms with van der Waals surface area (Å²) in [5, 5.41) is 1.54. The number of benzene rings is 1. The average Bonchev–Trinajstić information content (AvgIpc) is 2.38. The lowest BCUT2D eigenvalue weighted by atomic mass is 10.2. The second-order valence-corrected chi connectivity index (χ2v) is 4.32. The third-order valence-corrected chi connectivity index (χ3v) is 3.26. The van der Waals surface area contributed by atoms with Gasteiger partial charge in [-0.2, -0.15) is 0 Å². The van der Waals surface area contributed by atoms with Gasteiger partial charge in [-0.3, -0.25) is 13.6 Å². The summed E-state index contributed by atoms with van der Waals surface area (Å²) < 4.78 is 5.97. The molecule has 0 saturated carbocycles. The molecule has 1 aromatic carbocycles. The third kappa shape index (κ3) is 2.50. The van der Waals surface area contributed by atoms with Crippen molar-refractivity contribution in [2.24, 2.45) is 0 Å². The van der Waals surface area contributed by atoms with E-state index in [1.807, 2.05) is 24.3 Å². The first-order chi connectivity index (χ1) is 8.22. The number of methoxy groups -OCH3 is 1. The van der Waals surface area contributed by atoms with Crippen molar-refractivity contribution < 1.29 is 9.53 Å². The molecule has 1 aromatic heterocycles. The number of hydrogen-bond acceptors (Lipinski definition) is 4. The molecule has 0 N–H and O–H groups in total. The van der Waals surface area contributed by atoms with E-state index in [0.29, 0.717) is 5.39 Å². The van der Waals surface area contributed by atoms with Crippen molar-refractivity contribution in [1.82, 2.24) is 3.97 Å². The van der Waals surface area contributed by atoms with Crippen molar-refractivity contribution in [3.8, 4) is 0 Å². The highest BCUT2D eigenvalue weighted by Gasteiger charge is 2.05. The summed E-state index contributed by atoms with van der Waals surface area (Å²) in [5.74, 6) is -0.232. The zero-order valence-corrected chi connectivity index (χ0v) is 10.1. The van der Waals surface area contributed by atoms with Gasteiger partial charge in [-0.1, -0.05) is 18.2 Å². The Kier molecular flexibility index (Phi) is 3.49. The molecular formula is C12H11NO3S. The van der Waals surface area contributed by atoms with Crippen LogP contribution in [0.2, 0.25) is 0 Å². The van der Waals surface area contributed by atoms with E-state index in [-0.39, 0.29) is 17.3 Å². The second-order valence-electron chi connectivity index (χ2n) is 3.38. The molecule has 5 heteroatoms. The maximum Gasteiger partial charge on any atom is 0.317 e. The van der Waals surface area contributed by atoms with Gasteiger partial charge in [-0.05, 0) is 29.5 Å². The molecule has 88 valence electrons. The van der Waals surface area contributed by atoms with Gasteiger partial charge in [0.2, 0.25) is 0 Å². The fourth-order valence-electron chi connectivity index (χ4n) is 1.45. The van der Waals surface area contributed by atoms with Crippen molar-refractivity contribution in [3.05, 3.63) is 46.9 Å². The molecule has 0 fully saturated rings. The Morgan fingerprint density at radius 3 is 2.88 bits per heavy atom. The Morgan fingerprint density at radius 2 is 2.12 bits per heavy atom. The first-order valence-electron chi connectivity index (χ1n) is 5.03. The molecule has 2 rings (SSSR count). The predicted octanol–water partition coefficient (Wildman–Crippen LogP) is 1.67. The van der Waals surface area contributed by atoms with Crippen LogP contribution in [0.4, 0.5) is 0 Å². The Morgan fingerprint density at radius 1 is 1.35 bits per heavy atom. The fraction of sp³-hybridized carbons (Fsp3) is 0.167. The standard InChI is InChI=1S/C12H11NO3S/c1-16-11(14)8-17-13-7-6-9-4-2-3-5-10(9)12(13)15/h2-7H,8H2,1H3. The van der Waals surface area contributed by atoms with Crippen LogP contribution in [0.15, 0.2) is 41.3 Å². The average molecular weight is 249 g/mol. The Labute approximate surface area is 102 Å². The summed E-state index contributed by atoms with van der Waals surface area (Å²) in [6.07, 6.45) is 1.66. The molecule has 0 aliphatic rings. The highest BCUT2D eigenvalue weighted by molar-refractivity contribution is 7.98. The summed E-state index contributed by atoms with van der Waals surface area (Å²) in [5.41, 5.74) is -0.114. The van der Waals surface area contributed by atoms with Crippen LogP contribution in [-0.4, -0.2) is 22.8 Å². The molecule has 0 bridgehead atoms. The van der Waals surface area contributed by atoms with Crippen LogP contribution >= 0.6 is 11.9 Å². The van der Waals surface area contributed by atoms with Crippen LogP contribution in [0.3, 0.4) is 0 Å². The van der Waals surface area contributed by atoms with E-state index in [1.54, 1.807) is 12.3 Å². The first-order valence-corrected chi connectivity index (χ1v) is 5.97. The fourth-order valence-corrected chi connectivity index (χ4v) is 2.18. The van der Waals surface area contributed by atoms with Gasteiger partial charge in [0.25, 0.3) is 5.56 Å². The topological polar surface area (TPSA) is 48.3 Å². The zero-order valence-electron chi connectivity index (χ0n) is 9.25. The van der Waals surface area contributed by atoms with E-state index in [2.05, 4.69) is 4.74 Å². The minimum absolute atomic E-state index is 0.114. The van der Waals surface area contributed by atoms with Crippen molar-refractivity contribution in [1.29, 1.82) is 0 Å². The summed E-state index contributed by atoms with van der Waals surface area (Å²) in [6.45, 7) is 0. The number of ether oxygens (including phenoxy) is 1. The van der Waals surface area contributed by atoms with Gasteiger partial charge in [0.15, 0.2) is 0 Å². The number of pyridine rings is 1. The molecule has 0 spiro atoms. The lowest BCUT2D eigenvalue weighted by Crippen LogP contribution is -2.16. The lowest BCUT2D eigenvalue weighted by molar-refractivity contribution is -0.137. The van der Waals surface area contributed by atoms with Crippen molar-refractivity contribution in [2.75, 3.05) is 12.9 Å². The normalized spacial score (nSPS) is 10.4. The molecule has 0 aliphatic heterocycles. The summed E-state index contributed by atoms with van der Waals surface area (Å²) in [6, 6.07) is 9.20. The SMILES string of the molecule is COC(=O)CSn1ccc2ccccc2c1=O. The lowest BCUT2D eigenvalue weighted by Gasteiger charge is -2.05. The molecule has 17 heavy (non-hydrogen) atoms. The van der Waals surface area contributed by atoms with E-state index in [4.69, 9.17) is 0 Å². The van der Waals surface area contributed by atoms with Crippen molar-refractivity contribution in [2.45, 2.75) is 0 Å². The van der Waals surface area contributed by atoms with Crippen molar-refractivity contribution in [3.63, 3.8) is 0 Å². The highest BCUT2D eigenvalue weighted by atomic mass is 32.2.